The summed E-state index contributed by atoms with van der Waals surface area (Å²) in [5, 5.41) is 0. The van der Waals surface area contributed by atoms with Gasteiger partial charge in [0.1, 0.15) is 0 Å². The Morgan fingerprint density at radius 1 is 1.16 bits per heavy atom. The number of hydrogen-bond acceptors (Lipinski definition) is 2. The van der Waals surface area contributed by atoms with E-state index in [4.69, 9.17) is 0 Å². The molecule has 0 N–H and O–H groups in total. The van der Waals surface area contributed by atoms with Gasteiger partial charge in [0.05, 0.1) is 5.69 Å². The van der Waals surface area contributed by atoms with E-state index < -0.39 is 12.1 Å². The summed E-state index contributed by atoms with van der Waals surface area (Å²) in [6.45, 7) is 4.36. The third-order valence-electron chi connectivity index (χ3n) is 5.01. The zero-order chi connectivity index (χ0) is 18.2. The number of benzene rings is 1. The van der Waals surface area contributed by atoms with E-state index in [-0.39, 0.29) is 13.1 Å². The van der Waals surface area contributed by atoms with Crippen molar-refractivity contribution in [2.75, 3.05) is 31.1 Å². The highest BCUT2D eigenvalue weighted by Gasteiger charge is 2.42. The molecule has 2 aliphatic rings. The first-order valence-electron chi connectivity index (χ1n) is 8.77. The molecule has 138 valence electrons. The van der Waals surface area contributed by atoms with Gasteiger partial charge in [0.2, 0.25) is 0 Å². The van der Waals surface area contributed by atoms with E-state index in [0.29, 0.717) is 12.8 Å². The number of aryl methyl sites for hydroxylation is 1. The van der Waals surface area contributed by atoms with Crippen molar-refractivity contribution in [1.82, 2.24) is 4.90 Å². The van der Waals surface area contributed by atoms with Crippen LogP contribution in [0.15, 0.2) is 10.5 Å². The molecule has 1 amide bonds. The summed E-state index contributed by atoms with van der Waals surface area (Å²) in [4.78, 5) is 14.9. The number of halogens is 4. The van der Waals surface area contributed by atoms with Gasteiger partial charge in [0, 0.05) is 30.7 Å². The SMILES string of the molecule is CCCN1CCCc2cc3c(c(Br)c21)CCN(C(=O)C(F)(F)F)CC3. The van der Waals surface area contributed by atoms with Gasteiger partial charge in [0.25, 0.3) is 0 Å². The molecular weight excluding hydrogens is 397 g/mol. The van der Waals surface area contributed by atoms with Crippen molar-refractivity contribution in [1.29, 1.82) is 0 Å². The molecule has 3 rings (SSSR count). The van der Waals surface area contributed by atoms with Crippen LogP contribution in [0.3, 0.4) is 0 Å². The van der Waals surface area contributed by atoms with Gasteiger partial charge < -0.3 is 9.80 Å². The van der Waals surface area contributed by atoms with Crippen molar-refractivity contribution in [3.8, 4) is 0 Å². The fourth-order valence-electron chi connectivity index (χ4n) is 3.88. The van der Waals surface area contributed by atoms with Crippen LogP contribution in [0.2, 0.25) is 0 Å². The molecule has 0 aromatic heterocycles. The van der Waals surface area contributed by atoms with Crippen molar-refractivity contribution in [2.45, 2.75) is 45.2 Å². The van der Waals surface area contributed by atoms with Crippen LogP contribution in [0.4, 0.5) is 18.9 Å². The molecule has 0 radical (unpaired) electrons. The Hall–Kier alpha value is -1.24. The van der Waals surface area contributed by atoms with Crippen LogP contribution in [0.25, 0.3) is 0 Å². The molecule has 0 saturated carbocycles. The largest absolute Gasteiger partial charge is 0.471 e. The molecule has 1 aromatic rings. The minimum absolute atomic E-state index is 0.108. The standard InChI is InChI=1S/C18H22BrF3N2O/c1-2-7-23-8-3-4-13-11-12-5-9-24(17(25)18(20,21)22)10-6-14(12)15(19)16(13)23/h11H,2-10H2,1H3. The van der Waals surface area contributed by atoms with E-state index >= 15 is 0 Å². The van der Waals surface area contributed by atoms with Crippen LogP contribution < -0.4 is 4.90 Å². The quantitative estimate of drug-likeness (QED) is 0.721. The molecule has 0 saturated heterocycles. The Bertz CT molecular complexity index is 675. The topological polar surface area (TPSA) is 23.6 Å². The van der Waals surface area contributed by atoms with E-state index in [2.05, 4.69) is 33.8 Å². The normalized spacial score (nSPS) is 17.8. The van der Waals surface area contributed by atoms with Crippen LogP contribution in [0.5, 0.6) is 0 Å². The number of rotatable bonds is 2. The lowest BCUT2D eigenvalue weighted by molar-refractivity contribution is -0.185. The molecule has 7 heteroatoms. The van der Waals surface area contributed by atoms with E-state index in [0.717, 1.165) is 52.9 Å². The Morgan fingerprint density at radius 2 is 1.88 bits per heavy atom. The predicted molar refractivity (Wildman–Crippen MR) is 95.0 cm³/mol. The predicted octanol–water partition coefficient (Wildman–Crippen LogP) is 4.10. The van der Waals surface area contributed by atoms with E-state index in [1.54, 1.807) is 0 Å². The average molecular weight is 419 g/mol. The number of carbonyl (C=O) groups is 1. The van der Waals surface area contributed by atoms with Gasteiger partial charge in [0.15, 0.2) is 0 Å². The van der Waals surface area contributed by atoms with Crippen molar-refractivity contribution in [2.24, 2.45) is 0 Å². The van der Waals surface area contributed by atoms with Crippen LogP contribution in [0, 0.1) is 0 Å². The second-order valence-corrected chi connectivity index (χ2v) is 7.51. The number of alkyl halides is 3. The Balaban J connectivity index is 1.91. The zero-order valence-electron chi connectivity index (χ0n) is 14.3. The van der Waals surface area contributed by atoms with Crippen LogP contribution in [-0.4, -0.2) is 43.2 Å². The summed E-state index contributed by atoms with van der Waals surface area (Å²) in [6, 6.07) is 2.15. The fourth-order valence-corrected chi connectivity index (χ4v) is 4.84. The first-order valence-corrected chi connectivity index (χ1v) is 9.56. The zero-order valence-corrected chi connectivity index (χ0v) is 15.8. The highest BCUT2D eigenvalue weighted by molar-refractivity contribution is 9.10. The number of amides is 1. The minimum Gasteiger partial charge on any atom is -0.370 e. The lowest BCUT2D eigenvalue weighted by Crippen LogP contribution is -2.42. The molecule has 2 aliphatic heterocycles. The highest BCUT2D eigenvalue weighted by atomic mass is 79.9. The van der Waals surface area contributed by atoms with Crippen LogP contribution in [0.1, 0.15) is 36.5 Å². The van der Waals surface area contributed by atoms with E-state index in [1.807, 2.05) is 0 Å². The summed E-state index contributed by atoms with van der Waals surface area (Å²) in [6.07, 6.45) is -0.743. The molecule has 0 bridgehead atoms. The number of hydrogen-bond donors (Lipinski definition) is 0. The maximum atomic E-state index is 12.7. The van der Waals surface area contributed by atoms with Gasteiger partial charge in [-0.05, 0) is 64.7 Å². The smallest absolute Gasteiger partial charge is 0.370 e. The number of carbonyl (C=O) groups excluding carboxylic acids is 1. The van der Waals surface area contributed by atoms with Crippen LogP contribution >= 0.6 is 15.9 Å². The third kappa shape index (κ3) is 3.66. The Morgan fingerprint density at radius 3 is 2.56 bits per heavy atom. The first kappa shape index (κ1) is 18.5. The maximum Gasteiger partial charge on any atom is 0.471 e. The third-order valence-corrected chi connectivity index (χ3v) is 5.86. The molecular formula is C18H22BrF3N2O. The summed E-state index contributed by atoms with van der Waals surface area (Å²) in [5.74, 6) is -1.73. The van der Waals surface area contributed by atoms with Crippen LogP contribution in [-0.2, 0) is 24.1 Å². The summed E-state index contributed by atoms with van der Waals surface area (Å²) < 4.78 is 39.3. The molecule has 0 unspecified atom stereocenters. The fraction of sp³-hybridized carbons (Fsp3) is 0.611. The van der Waals surface area contributed by atoms with Gasteiger partial charge in [-0.3, -0.25) is 4.79 Å². The van der Waals surface area contributed by atoms with Crippen molar-refractivity contribution < 1.29 is 18.0 Å². The van der Waals surface area contributed by atoms with Gasteiger partial charge in [-0.15, -0.1) is 0 Å². The summed E-state index contributed by atoms with van der Waals surface area (Å²) in [7, 11) is 0. The Labute approximate surface area is 154 Å². The second-order valence-electron chi connectivity index (χ2n) is 6.72. The number of anilines is 1. The van der Waals surface area contributed by atoms with Gasteiger partial charge in [-0.1, -0.05) is 13.0 Å². The van der Waals surface area contributed by atoms with Crippen molar-refractivity contribution in [3.05, 3.63) is 27.2 Å². The van der Waals surface area contributed by atoms with Gasteiger partial charge in [-0.25, -0.2) is 0 Å². The molecule has 0 spiro atoms. The molecule has 0 atom stereocenters. The maximum absolute atomic E-state index is 12.7. The van der Waals surface area contributed by atoms with Gasteiger partial charge >= 0.3 is 12.1 Å². The van der Waals surface area contributed by atoms with Crippen molar-refractivity contribution in [3.63, 3.8) is 0 Å². The Kier molecular flexibility index (Phi) is 5.32. The van der Waals surface area contributed by atoms with Gasteiger partial charge in [-0.2, -0.15) is 13.2 Å². The molecule has 2 heterocycles. The lowest BCUT2D eigenvalue weighted by Gasteiger charge is -2.33. The highest BCUT2D eigenvalue weighted by Crippen LogP contribution is 2.40. The molecule has 1 aromatic carbocycles. The number of fused-ring (bicyclic) bond motifs is 2. The summed E-state index contributed by atoms with van der Waals surface area (Å²) >= 11 is 3.73. The average Bonchev–Trinajstić information content (AvgIpc) is 2.76. The van der Waals surface area contributed by atoms with E-state index in [1.165, 1.54) is 11.3 Å². The monoisotopic (exact) mass is 418 g/mol. The van der Waals surface area contributed by atoms with E-state index in [9.17, 15) is 18.0 Å². The first-order chi connectivity index (χ1) is 11.8. The van der Waals surface area contributed by atoms with Crippen molar-refractivity contribution >= 4 is 27.5 Å². The molecule has 0 aliphatic carbocycles. The molecule has 25 heavy (non-hydrogen) atoms. The second kappa shape index (κ2) is 7.17. The number of nitrogens with zero attached hydrogens (tertiary/aromatic N) is 2. The molecule has 0 fully saturated rings. The molecule has 3 nitrogen and oxygen atoms in total. The lowest BCUT2D eigenvalue weighted by atomic mass is 9.93. The minimum atomic E-state index is -4.80. The summed E-state index contributed by atoms with van der Waals surface area (Å²) in [5.41, 5.74) is 4.59.